The van der Waals surface area contributed by atoms with Gasteiger partial charge in [-0.05, 0) is 25.0 Å². The van der Waals surface area contributed by atoms with Crippen LogP contribution < -0.4 is 5.56 Å². The number of hydrogen-bond donors (Lipinski definition) is 1. The zero-order valence-electron chi connectivity index (χ0n) is 11.3. The largest absolute Gasteiger partial charge is 0.299 e. The molecule has 0 saturated carbocycles. The quantitative estimate of drug-likeness (QED) is 0.853. The minimum absolute atomic E-state index is 0.0797. The van der Waals surface area contributed by atoms with E-state index >= 15 is 0 Å². The van der Waals surface area contributed by atoms with Crippen molar-refractivity contribution < 1.29 is 4.79 Å². The Bertz CT molecular complexity index is 638. The van der Waals surface area contributed by atoms with Gasteiger partial charge >= 0.3 is 0 Å². The van der Waals surface area contributed by atoms with Crippen molar-refractivity contribution in [2.45, 2.75) is 33.2 Å². The third-order valence-electron chi connectivity index (χ3n) is 3.03. The number of aryl methyl sites for hydroxylation is 1. The van der Waals surface area contributed by atoms with E-state index in [-0.39, 0.29) is 22.8 Å². The van der Waals surface area contributed by atoms with Crippen molar-refractivity contribution in [2.75, 3.05) is 0 Å². The first kappa shape index (κ1) is 13.3. The van der Waals surface area contributed by atoms with Crippen LogP contribution in [0.4, 0.5) is 0 Å². The molecule has 5 nitrogen and oxygen atoms in total. The maximum atomic E-state index is 12.4. The minimum atomic E-state index is -0.273. The molecule has 0 aromatic carbocycles. The van der Waals surface area contributed by atoms with Gasteiger partial charge < -0.3 is 0 Å². The van der Waals surface area contributed by atoms with Crippen molar-refractivity contribution in [3.63, 3.8) is 0 Å². The van der Waals surface area contributed by atoms with E-state index in [1.54, 1.807) is 18.3 Å². The molecule has 1 N–H and O–H groups in total. The fourth-order valence-electron chi connectivity index (χ4n) is 2.00. The summed E-state index contributed by atoms with van der Waals surface area (Å²) in [4.78, 5) is 28.6. The highest BCUT2D eigenvalue weighted by Gasteiger charge is 2.23. The van der Waals surface area contributed by atoms with Gasteiger partial charge in [0.25, 0.3) is 5.56 Å². The van der Waals surface area contributed by atoms with Crippen LogP contribution in [0.3, 0.4) is 0 Å². The number of rotatable bonds is 4. The van der Waals surface area contributed by atoms with E-state index in [4.69, 9.17) is 0 Å². The van der Waals surface area contributed by atoms with Crippen molar-refractivity contribution in [3.05, 3.63) is 51.7 Å². The molecule has 0 saturated heterocycles. The van der Waals surface area contributed by atoms with Crippen LogP contribution in [0.5, 0.6) is 0 Å². The number of nitrogens with zero attached hydrogens (tertiary/aromatic N) is 2. The average Bonchev–Trinajstić information content (AvgIpc) is 2.76. The summed E-state index contributed by atoms with van der Waals surface area (Å²) < 4.78 is 1.46. The lowest BCUT2D eigenvalue weighted by molar-refractivity contribution is 0.103. The molecule has 0 atom stereocenters. The van der Waals surface area contributed by atoms with E-state index in [2.05, 4.69) is 10.1 Å². The van der Waals surface area contributed by atoms with Crippen LogP contribution in [0.15, 0.2) is 29.3 Å². The number of aromatic amines is 1. The van der Waals surface area contributed by atoms with E-state index < -0.39 is 0 Å². The average molecular weight is 259 g/mol. The summed E-state index contributed by atoms with van der Waals surface area (Å²) in [7, 11) is 0. The molecule has 0 unspecified atom stereocenters. The second kappa shape index (κ2) is 5.22. The van der Waals surface area contributed by atoms with Gasteiger partial charge in [-0.3, -0.25) is 24.4 Å². The Hall–Kier alpha value is -2.17. The van der Waals surface area contributed by atoms with Gasteiger partial charge in [0.05, 0.1) is 5.69 Å². The molecule has 0 spiro atoms. The predicted octanol–water partition coefficient (Wildman–Crippen LogP) is 1.95. The lowest BCUT2D eigenvalue weighted by Crippen LogP contribution is -2.21. The normalized spacial score (nSPS) is 10.9. The standard InChI is InChI=1S/C14H17N3O2/c1-4-17-14(19)11(12(16-17)9(2)3)13(18)10-6-5-7-15-8-10/h5-9,16H,4H2,1-3H3. The van der Waals surface area contributed by atoms with E-state index in [0.29, 0.717) is 17.8 Å². The molecule has 0 aliphatic heterocycles. The molecule has 0 fully saturated rings. The molecule has 5 heteroatoms. The van der Waals surface area contributed by atoms with Crippen LogP contribution in [0.25, 0.3) is 0 Å². The lowest BCUT2D eigenvalue weighted by atomic mass is 10.00. The number of carbonyl (C=O) groups excluding carboxylic acids is 1. The third-order valence-corrected chi connectivity index (χ3v) is 3.03. The third kappa shape index (κ3) is 2.36. The first-order chi connectivity index (χ1) is 9.06. The molecule has 2 aromatic heterocycles. The van der Waals surface area contributed by atoms with Gasteiger partial charge in [0.1, 0.15) is 5.56 Å². The summed E-state index contributed by atoms with van der Waals surface area (Å²) in [5, 5.41) is 3.01. The molecular weight excluding hydrogens is 242 g/mol. The van der Waals surface area contributed by atoms with Gasteiger partial charge in [-0.25, -0.2) is 0 Å². The highest BCUT2D eigenvalue weighted by Crippen LogP contribution is 2.17. The summed E-state index contributed by atoms with van der Waals surface area (Å²) in [6.07, 6.45) is 3.08. The Morgan fingerprint density at radius 2 is 2.21 bits per heavy atom. The van der Waals surface area contributed by atoms with Crippen molar-refractivity contribution in [3.8, 4) is 0 Å². The molecular formula is C14H17N3O2. The SMILES string of the molecule is CCn1[nH]c(C(C)C)c(C(=O)c2cccnc2)c1=O. The highest BCUT2D eigenvalue weighted by molar-refractivity contribution is 6.09. The van der Waals surface area contributed by atoms with Gasteiger partial charge in [0.2, 0.25) is 5.78 Å². The van der Waals surface area contributed by atoms with Gasteiger partial charge in [0, 0.05) is 24.5 Å². The minimum Gasteiger partial charge on any atom is -0.299 e. The van der Waals surface area contributed by atoms with Crippen LogP contribution in [-0.4, -0.2) is 20.5 Å². The van der Waals surface area contributed by atoms with Crippen molar-refractivity contribution in [1.29, 1.82) is 0 Å². The van der Waals surface area contributed by atoms with Crippen molar-refractivity contribution in [2.24, 2.45) is 0 Å². The van der Waals surface area contributed by atoms with Crippen LogP contribution in [0.1, 0.15) is 48.3 Å². The lowest BCUT2D eigenvalue weighted by Gasteiger charge is -2.04. The number of H-pyrrole nitrogens is 1. The Morgan fingerprint density at radius 1 is 1.47 bits per heavy atom. The smallest absolute Gasteiger partial charge is 0.278 e. The molecule has 2 rings (SSSR count). The molecule has 0 bridgehead atoms. The van der Waals surface area contributed by atoms with E-state index in [1.807, 2.05) is 20.8 Å². The van der Waals surface area contributed by atoms with Crippen LogP contribution in [0.2, 0.25) is 0 Å². The van der Waals surface area contributed by atoms with Gasteiger partial charge in [-0.2, -0.15) is 0 Å². The number of ketones is 1. The Labute approximate surface area is 111 Å². The summed E-state index contributed by atoms with van der Waals surface area (Å²) >= 11 is 0. The molecule has 0 aliphatic rings. The molecule has 0 amide bonds. The van der Waals surface area contributed by atoms with Crippen LogP contribution >= 0.6 is 0 Å². The zero-order chi connectivity index (χ0) is 14.0. The molecule has 0 aliphatic carbocycles. The Balaban J connectivity index is 2.59. The number of carbonyl (C=O) groups is 1. The second-order valence-corrected chi connectivity index (χ2v) is 4.68. The second-order valence-electron chi connectivity index (χ2n) is 4.68. The van der Waals surface area contributed by atoms with E-state index in [9.17, 15) is 9.59 Å². The number of pyridine rings is 1. The Kier molecular flexibility index (Phi) is 3.64. The maximum Gasteiger partial charge on any atom is 0.278 e. The van der Waals surface area contributed by atoms with Crippen molar-refractivity contribution >= 4 is 5.78 Å². The van der Waals surface area contributed by atoms with Crippen LogP contribution in [-0.2, 0) is 6.54 Å². The van der Waals surface area contributed by atoms with Gasteiger partial charge in [0.15, 0.2) is 0 Å². The molecule has 100 valence electrons. The summed E-state index contributed by atoms with van der Waals surface area (Å²) in [6, 6.07) is 3.36. The fourth-order valence-corrected chi connectivity index (χ4v) is 2.00. The fraction of sp³-hybridized carbons (Fsp3) is 0.357. The van der Waals surface area contributed by atoms with Gasteiger partial charge in [-0.15, -0.1) is 0 Å². The van der Waals surface area contributed by atoms with E-state index in [1.165, 1.54) is 10.9 Å². The number of nitrogens with one attached hydrogen (secondary N) is 1. The number of aromatic nitrogens is 3. The summed E-state index contributed by atoms with van der Waals surface area (Å²) in [5.74, 6) is -0.193. The first-order valence-electron chi connectivity index (χ1n) is 6.33. The first-order valence-corrected chi connectivity index (χ1v) is 6.33. The molecule has 2 heterocycles. The predicted molar refractivity (Wildman–Crippen MR) is 72.5 cm³/mol. The monoisotopic (exact) mass is 259 g/mol. The van der Waals surface area contributed by atoms with E-state index in [0.717, 1.165) is 0 Å². The zero-order valence-corrected chi connectivity index (χ0v) is 11.3. The highest BCUT2D eigenvalue weighted by atomic mass is 16.2. The van der Waals surface area contributed by atoms with Crippen molar-refractivity contribution in [1.82, 2.24) is 14.8 Å². The molecule has 2 aromatic rings. The van der Waals surface area contributed by atoms with Gasteiger partial charge in [-0.1, -0.05) is 13.8 Å². The Morgan fingerprint density at radius 3 is 2.74 bits per heavy atom. The molecule has 19 heavy (non-hydrogen) atoms. The van der Waals surface area contributed by atoms with Crippen LogP contribution in [0, 0.1) is 0 Å². The topological polar surface area (TPSA) is 67.8 Å². The molecule has 0 radical (unpaired) electrons. The maximum absolute atomic E-state index is 12.4. The number of hydrogen-bond acceptors (Lipinski definition) is 3. The summed E-state index contributed by atoms with van der Waals surface area (Å²) in [6.45, 7) is 6.27. The summed E-state index contributed by atoms with van der Waals surface area (Å²) in [5.41, 5.74) is 1.08.